The number of alkyl halides is 3. The zero-order valence-electron chi connectivity index (χ0n) is 22.9. The van der Waals surface area contributed by atoms with Crippen LogP contribution in [0.5, 0.6) is 0 Å². The highest BCUT2D eigenvalue weighted by Gasteiger charge is 2.42. The minimum atomic E-state index is -5.08. The summed E-state index contributed by atoms with van der Waals surface area (Å²) >= 11 is 3.42. The zero-order valence-corrected chi connectivity index (χ0v) is 24.5. The molecule has 2 amide bonds. The van der Waals surface area contributed by atoms with Crippen molar-refractivity contribution in [3.05, 3.63) is 46.0 Å². The van der Waals surface area contributed by atoms with Gasteiger partial charge in [0.05, 0.1) is 10.2 Å². The van der Waals surface area contributed by atoms with Crippen molar-refractivity contribution in [2.75, 3.05) is 52.9 Å². The maximum absolute atomic E-state index is 12.9. The Balaban J connectivity index is 0.000000616. The van der Waals surface area contributed by atoms with Gasteiger partial charge in [-0.05, 0) is 60.9 Å². The van der Waals surface area contributed by atoms with Crippen LogP contribution in [0.3, 0.4) is 0 Å². The third kappa shape index (κ3) is 8.12. The number of likely N-dealkylation sites (N-methyl/N-ethyl adjacent to an activating group) is 1. The molecule has 4 N–H and O–H groups in total. The Kier molecular flexibility index (Phi) is 11.2. The first kappa shape index (κ1) is 33.1. The maximum Gasteiger partial charge on any atom is 0.490 e. The molecule has 4 rings (SSSR count). The zero-order chi connectivity index (χ0) is 31.1. The fourth-order valence-electron chi connectivity index (χ4n) is 4.99. The van der Waals surface area contributed by atoms with Gasteiger partial charge in [-0.1, -0.05) is 18.2 Å². The van der Waals surface area contributed by atoms with Crippen LogP contribution in [-0.4, -0.2) is 107 Å². The molecule has 228 valence electrons. The lowest BCUT2D eigenvalue weighted by molar-refractivity contribution is -0.192. The summed E-state index contributed by atoms with van der Waals surface area (Å²) in [5, 5.41) is 16.3. The first-order valence-electron chi connectivity index (χ1n) is 13.1. The molecular formula is C26H32BrF3N8O4. The number of aliphatic carboxylic acids is 1. The highest BCUT2D eigenvalue weighted by Crippen LogP contribution is 2.37. The molecule has 12 nitrogen and oxygen atoms in total. The summed E-state index contributed by atoms with van der Waals surface area (Å²) in [6, 6.07) is 1.92. The van der Waals surface area contributed by atoms with Crippen molar-refractivity contribution in [1.82, 2.24) is 30.1 Å². The average Bonchev–Trinajstić information content (AvgIpc) is 2.98. The van der Waals surface area contributed by atoms with E-state index in [0.29, 0.717) is 22.5 Å². The largest absolute Gasteiger partial charge is 0.490 e. The molecule has 42 heavy (non-hydrogen) atoms. The number of hydrogen-bond donors (Lipinski definition) is 3. The van der Waals surface area contributed by atoms with E-state index >= 15 is 0 Å². The van der Waals surface area contributed by atoms with Crippen molar-refractivity contribution < 1.29 is 32.7 Å². The van der Waals surface area contributed by atoms with Crippen LogP contribution in [0.4, 0.5) is 13.2 Å². The van der Waals surface area contributed by atoms with Crippen molar-refractivity contribution >= 4 is 33.7 Å². The van der Waals surface area contributed by atoms with Gasteiger partial charge in [-0.3, -0.25) is 19.9 Å². The molecule has 0 bridgehead atoms. The molecule has 1 atom stereocenters. The normalized spacial score (nSPS) is 21.9. The Morgan fingerprint density at radius 3 is 2.33 bits per heavy atom. The quantitative estimate of drug-likeness (QED) is 0.239. The van der Waals surface area contributed by atoms with Crippen molar-refractivity contribution in [3.63, 3.8) is 0 Å². The number of carboxylic acids is 1. The van der Waals surface area contributed by atoms with Crippen molar-refractivity contribution in [2.45, 2.75) is 30.9 Å². The SMILES string of the molecule is CN1CCN(C(=O)C2CCN(CC3=CCC(C(=O)NN)(c4nc(C#N)ncc4Br)C=C3)CC2)CC1.O=C(O)C(F)(F)F. The van der Waals surface area contributed by atoms with Gasteiger partial charge in [0.1, 0.15) is 11.5 Å². The predicted octanol–water partition coefficient (Wildman–Crippen LogP) is 1.34. The molecular weight excluding hydrogens is 625 g/mol. The van der Waals surface area contributed by atoms with Crippen LogP contribution >= 0.6 is 15.9 Å². The lowest BCUT2D eigenvalue weighted by Crippen LogP contribution is -2.50. The van der Waals surface area contributed by atoms with Crippen molar-refractivity contribution in [3.8, 4) is 6.07 Å². The van der Waals surface area contributed by atoms with Gasteiger partial charge in [0.15, 0.2) is 0 Å². The number of hydrogen-bond acceptors (Lipinski definition) is 9. The second-order valence-electron chi connectivity index (χ2n) is 10.2. The van der Waals surface area contributed by atoms with Crippen LogP contribution in [0.1, 0.15) is 30.8 Å². The number of carboxylic acid groups (broad SMARTS) is 1. The maximum atomic E-state index is 12.9. The summed E-state index contributed by atoms with van der Waals surface area (Å²) in [6.07, 6.45) is 4.26. The number of halogens is 4. The van der Waals surface area contributed by atoms with Crippen LogP contribution in [0.25, 0.3) is 0 Å². The van der Waals surface area contributed by atoms with Crippen LogP contribution in [0.15, 0.2) is 34.5 Å². The van der Waals surface area contributed by atoms with E-state index in [4.69, 9.17) is 15.7 Å². The monoisotopic (exact) mass is 656 g/mol. The Morgan fingerprint density at radius 2 is 1.83 bits per heavy atom. The third-order valence-electron chi connectivity index (χ3n) is 7.47. The number of aromatic nitrogens is 2. The number of allylic oxidation sites excluding steroid dienone is 1. The highest BCUT2D eigenvalue weighted by molar-refractivity contribution is 9.10. The molecule has 3 aliphatic rings. The minimum Gasteiger partial charge on any atom is -0.475 e. The number of nitrogens with two attached hydrogens (primary N) is 1. The number of carbonyl (C=O) groups is 3. The van der Waals surface area contributed by atoms with Gasteiger partial charge in [-0.2, -0.15) is 18.4 Å². The lowest BCUT2D eigenvalue weighted by atomic mass is 9.76. The molecule has 2 aliphatic heterocycles. The van der Waals surface area contributed by atoms with Crippen molar-refractivity contribution in [2.24, 2.45) is 11.8 Å². The van der Waals surface area contributed by atoms with E-state index in [1.54, 1.807) is 0 Å². The Morgan fingerprint density at radius 1 is 1.21 bits per heavy atom. The molecule has 16 heteroatoms. The summed E-state index contributed by atoms with van der Waals surface area (Å²) in [5.74, 6) is 2.75. The van der Waals surface area contributed by atoms with Gasteiger partial charge in [-0.15, -0.1) is 0 Å². The minimum absolute atomic E-state index is 0.00966. The molecule has 0 saturated carbocycles. The van der Waals surface area contributed by atoms with Gasteiger partial charge >= 0.3 is 12.1 Å². The van der Waals surface area contributed by atoms with Crippen molar-refractivity contribution in [1.29, 1.82) is 5.26 Å². The van der Waals surface area contributed by atoms with Gasteiger partial charge in [-0.25, -0.2) is 20.6 Å². The van der Waals surface area contributed by atoms with Crippen LogP contribution < -0.4 is 11.3 Å². The second-order valence-corrected chi connectivity index (χ2v) is 11.1. The standard InChI is InChI=1S/C24H31BrN8O2.C2HF3O2/c1-31-10-12-33(13-11-31)22(34)18-4-8-32(9-5-18)16-17-2-6-24(7-3-17,23(35)30-27)21-19(25)15-28-20(14-26)29-21;3-2(4,5)1(6)7/h2-3,6,15,18H,4-5,7-13,16,27H2,1H3,(H,30,35);(H,6,7). The topological polar surface area (TPSA) is 169 Å². The van der Waals surface area contributed by atoms with E-state index in [1.165, 1.54) is 6.20 Å². The second kappa shape index (κ2) is 14.2. The highest BCUT2D eigenvalue weighted by atomic mass is 79.9. The van der Waals surface area contributed by atoms with E-state index in [0.717, 1.165) is 64.2 Å². The Labute approximate surface area is 249 Å². The number of piperazine rings is 1. The lowest BCUT2D eigenvalue weighted by Gasteiger charge is -2.38. The number of piperidine rings is 1. The molecule has 2 fully saturated rings. The average molecular weight is 657 g/mol. The Bertz CT molecular complexity index is 1270. The van der Waals surface area contributed by atoms with Gasteiger partial charge < -0.3 is 14.9 Å². The smallest absolute Gasteiger partial charge is 0.475 e. The van der Waals surface area contributed by atoms with E-state index in [9.17, 15) is 28.0 Å². The number of amides is 2. The van der Waals surface area contributed by atoms with E-state index in [2.05, 4.69) is 48.2 Å². The van der Waals surface area contributed by atoms with Gasteiger partial charge in [0, 0.05) is 44.8 Å². The number of carbonyl (C=O) groups excluding carboxylic acids is 2. The van der Waals surface area contributed by atoms with Gasteiger partial charge in [0.25, 0.3) is 0 Å². The molecule has 3 heterocycles. The summed E-state index contributed by atoms with van der Waals surface area (Å²) in [7, 11) is 2.09. The molecule has 1 aliphatic carbocycles. The van der Waals surface area contributed by atoms with Crippen LogP contribution in [-0.2, 0) is 19.8 Å². The summed E-state index contributed by atoms with van der Waals surface area (Å²) in [6.45, 7) is 6.02. The summed E-state index contributed by atoms with van der Waals surface area (Å²) < 4.78 is 32.3. The predicted molar refractivity (Wildman–Crippen MR) is 147 cm³/mol. The number of rotatable bonds is 5. The van der Waals surface area contributed by atoms with E-state index in [1.807, 2.05) is 29.2 Å². The van der Waals surface area contributed by atoms with Crippen LogP contribution in [0.2, 0.25) is 0 Å². The molecule has 1 aromatic rings. The number of nitriles is 1. The molecule has 0 radical (unpaired) electrons. The molecule has 1 unspecified atom stereocenters. The molecule has 1 aromatic heterocycles. The molecule has 0 spiro atoms. The number of nitrogens with zero attached hydrogens (tertiary/aromatic N) is 6. The number of nitrogens with one attached hydrogen (secondary N) is 1. The number of likely N-dealkylation sites (tertiary alicyclic amines) is 1. The summed E-state index contributed by atoms with van der Waals surface area (Å²) in [5.41, 5.74) is 2.62. The fourth-order valence-corrected chi connectivity index (χ4v) is 5.53. The molecule has 2 saturated heterocycles. The number of hydrazine groups is 1. The van der Waals surface area contributed by atoms with E-state index < -0.39 is 23.5 Å². The fraction of sp³-hybridized carbons (Fsp3) is 0.538. The summed E-state index contributed by atoms with van der Waals surface area (Å²) in [4.78, 5) is 49.6. The first-order chi connectivity index (χ1) is 19.8. The first-order valence-corrected chi connectivity index (χ1v) is 13.9. The van der Waals surface area contributed by atoms with Gasteiger partial charge in [0.2, 0.25) is 17.6 Å². The third-order valence-corrected chi connectivity index (χ3v) is 8.05. The van der Waals surface area contributed by atoms with Crippen LogP contribution in [0, 0.1) is 17.2 Å². The molecule has 0 aromatic carbocycles. The van der Waals surface area contributed by atoms with E-state index in [-0.39, 0.29) is 11.7 Å². The Hall–Kier alpha value is -3.39.